The van der Waals surface area contributed by atoms with Crippen LogP contribution in [-0.4, -0.2) is 26.4 Å². The van der Waals surface area contributed by atoms with Gasteiger partial charge in [0.05, 0.1) is 6.10 Å². The first kappa shape index (κ1) is 28.1. The van der Waals surface area contributed by atoms with Crippen LogP contribution in [0.5, 0.6) is 0 Å². The summed E-state index contributed by atoms with van der Waals surface area (Å²) in [6.07, 6.45) is 22.8. The van der Waals surface area contributed by atoms with Gasteiger partial charge in [0.15, 0.2) is 0 Å². The summed E-state index contributed by atoms with van der Waals surface area (Å²) >= 11 is 0. The fraction of sp³-hybridized carbons (Fsp3) is 1.00. The molecule has 0 N–H and O–H groups in total. The predicted molar refractivity (Wildman–Crippen MR) is 118 cm³/mol. The van der Waals surface area contributed by atoms with Crippen LogP contribution in [0.25, 0.3) is 0 Å². The van der Waals surface area contributed by atoms with Crippen LogP contribution in [0.1, 0.15) is 130 Å². The van der Waals surface area contributed by atoms with Gasteiger partial charge in [-0.15, -0.1) is 0 Å². The highest BCUT2D eigenvalue weighted by Crippen LogP contribution is 2.11. The Balaban J connectivity index is 0. The van der Waals surface area contributed by atoms with Crippen molar-refractivity contribution >= 4 is 0 Å². The molecule has 0 aliphatic carbocycles. The molecule has 0 radical (unpaired) electrons. The third-order valence-electron chi connectivity index (χ3n) is 4.82. The molecule has 0 spiro atoms. The van der Waals surface area contributed by atoms with Crippen molar-refractivity contribution in [1.82, 2.24) is 0 Å². The van der Waals surface area contributed by atoms with Gasteiger partial charge in [-0.05, 0) is 26.2 Å². The van der Waals surface area contributed by atoms with Crippen molar-refractivity contribution < 1.29 is 9.47 Å². The van der Waals surface area contributed by atoms with Crippen molar-refractivity contribution in [3.8, 4) is 0 Å². The van der Waals surface area contributed by atoms with Crippen molar-refractivity contribution in [2.24, 2.45) is 0 Å². The first-order valence-corrected chi connectivity index (χ1v) is 11.8. The Bertz CT molecular complexity index is 198. The van der Waals surface area contributed by atoms with Crippen LogP contribution in [0.15, 0.2) is 0 Å². The minimum atomic E-state index is 0.546. The second-order valence-corrected chi connectivity index (χ2v) is 7.71. The number of methoxy groups -OCH3 is 1. The van der Waals surface area contributed by atoms with Crippen LogP contribution in [0.3, 0.4) is 0 Å². The molecule has 26 heavy (non-hydrogen) atoms. The molecule has 1 unspecified atom stereocenters. The summed E-state index contributed by atoms with van der Waals surface area (Å²) in [5, 5.41) is 0. The number of rotatable bonds is 14. The topological polar surface area (TPSA) is 18.5 Å². The van der Waals surface area contributed by atoms with Crippen molar-refractivity contribution in [3.05, 3.63) is 0 Å². The Morgan fingerprint density at radius 1 is 0.692 bits per heavy atom. The van der Waals surface area contributed by atoms with Crippen LogP contribution in [0, 0.1) is 0 Å². The molecular formula is C24H52O2. The first-order chi connectivity index (χ1) is 12.7. The predicted octanol–water partition coefficient (Wildman–Crippen LogP) is 8.33. The van der Waals surface area contributed by atoms with Gasteiger partial charge in [0.25, 0.3) is 0 Å². The first-order valence-electron chi connectivity index (χ1n) is 11.8. The molecule has 160 valence electrons. The molecule has 0 bridgehead atoms. The normalized spacial score (nSPS) is 15.8. The van der Waals surface area contributed by atoms with Crippen LogP contribution < -0.4 is 0 Å². The lowest BCUT2D eigenvalue weighted by Gasteiger charge is -2.00. The van der Waals surface area contributed by atoms with E-state index in [4.69, 9.17) is 9.47 Å². The molecular weight excluding hydrogens is 320 g/mol. The van der Waals surface area contributed by atoms with E-state index in [9.17, 15) is 0 Å². The number of hydrogen-bond donors (Lipinski definition) is 0. The number of ether oxygens (including phenoxy) is 2. The lowest BCUT2D eigenvalue weighted by Crippen LogP contribution is -1.94. The number of unbranched alkanes of at least 4 members (excludes halogenated alkanes) is 12. The molecule has 1 rings (SSSR count). The zero-order valence-corrected chi connectivity index (χ0v) is 19.1. The van der Waals surface area contributed by atoms with Crippen LogP contribution in [0.4, 0.5) is 0 Å². The van der Waals surface area contributed by atoms with Gasteiger partial charge in [0.2, 0.25) is 0 Å². The van der Waals surface area contributed by atoms with Gasteiger partial charge in [-0.25, -0.2) is 0 Å². The van der Waals surface area contributed by atoms with Gasteiger partial charge in [0, 0.05) is 20.3 Å². The van der Waals surface area contributed by atoms with E-state index in [1.165, 1.54) is 103 Å². The molecule has 1 saturated heterocycles. The van der Waals surface area contributed by atoms with Gasteiger partial charge >= 0.3 is 0 Å². The quantitative estimate of drug-likeness (QED) is 0.285. The third-order valence-corrected chi connectivity index (χ3v) is 4.82. The van der Waals surface area contributed by atoms with Crippen LogP contribution in [-0.2, 0) is 9.47 Å². The minimum Gasteiger partial charge on any atom is -0.385 e. The smallest absolute Gasteiger partial charge is 0.0547 e. The molecule has 0 aromatic heterocycles. The molecule has 0 aromatic carbocycles. The van der Waals surface area contributed by atoms with Crippen LogP contribution >= 0.6 is 0 Å². The van der Waals surface area contributed by atoms with Crippen molar-refractivity contribution in [2.75, 3.05) is 20.3 Å². The monoisotopic (exact) mass is 372 g/mol. The minimum absolute atomic E-state index is 0.546. The molecule has 1 heterocycles. The summed E-state index contributed by atoms with van der Waals surface area (Å²) in [5.41, 5.74) is 0. The van der Waals surface area contributed by atoms with Gasteiger partial charge in [-0.1, -0.05) is 104 Å². The highest BCUT2D eigenvalue weighted by molar-refractivity contribution is 4.56. The molecule has 2 nitrogen and oxygen atoms in total. The zero-order chi connectivity index (χ0) is 19.7. The summed E-state index contributed by atoms with van der Waals surface area (Å²) in [6, 6.07) is 0. The molecule has 1 fully saturated rings. The average molecular weight is 373 g/mol. The van der Waals surface area contributed by atoms with E-state index in [-0.39, 0.29) is 0 Å². The van der Waals surface area contributed by atoms with Crippen molar-refractivity contribution in [2.45, 2.75) is 137 Å². The molecule has 1 aliphatic rings. The lowest BCUT2D eigenvalue weighted by atomic mass is 10.1. The van der Waals surface area contributed by atoms with Crippen molar-refractivity contribution in [3.63, 3.8) is 0 Å². The second-order valence-electron chi connectivity index (χ2n) is 7.71. The van der Waals surface area contributed by atoms with Gasteiger partial charge in [0.1, 0.15) is 0 Å². The molecule has 0 saturated carbocycles. The average Bonchev–Trinajstić information content (AvgIpc) is 3.13. The van der Waals surface area contributed by atoms with Gasteiger partial charge in [-0.2, -0.15) is 0 Å². The SMILES string of the molecule is CC1CCCO1.CCCCCCCCCCCCC.CCCCCOC. The van der Waals surface area contributed by atoms with E-state index >= 15 is 0 Å². The lowest BCUT2D eigenvalue weighted by molar-refractivity contribution is 0.125. The largest absolute Gasteiger partial charge is 0.385 e. The van der Waals surface area contributed by atoms with Crippen molar-refractivity contribution in [1.29, 1.82) is 0 Å². The summed E-state index contributed by atoms with van der Waals surface area (Å²) in [6.45, 7) is 10.8. The Morgan fingerprint density at radius 3 is 1.38 bits per heavy atom. The molecule has 1 aliphatic heterocycles. The number of hydrogen-bond acceptors (Lipinski definition) is 2. The van der Waals surface area contributed by atoms with E-state index in [2.05, 4.69) is 27.7 Å². The highest BCUT2D eigenvalue weighted by Gasteiger charge is 2.07. The maximum atomic E-state index is 5.15. The Morgan fingerprint density at radius 2 is 1.12 bits per heavy atom. The Hall–Kier alpha value is -0.0800. The zero-order valence-electron chi connectivity index (χ0n) is 19.1. The standard InChI is InChI=1S/C13H28.C6H14O.C5H10O/c1-3-5-7-9-11-13-12-10-8-6-4-2;1-3-4-5-6-7-2;1-5-3-2-4-6-5/h3-13H2,1-2H3;3-6H2,1-2H3;5H,2-4H2,1H3. The summed E-state index contributed by atoms with van der Waals surface area (Å²) in [7, 11) is 1.75. The highest BCUT2D eigenvalue weighted by atomic mass is 16.5. The molecule has 2 heteroatoms. The Labute approximate surface area is 166 Å². The van der Waals surface area contributed by atoms with Crippen LogP contribution in [0.2, 0.25) is 0 Å². The fourth-order valence-electron chi connectivity index (χ4n) is 2.97. The summed E-state index contributed by atoms with van der Waals surface area (Å²) in [4.78, 5) is 0. The van der Waals surface area contributed by atoms with E-state index < -0.39 is 0 Å². The molecule has 0 amide bonds. The van der Waals surface area contributed by atoms with E-state index in [1.807, 2.05) is 0 Å². The molecule has 0 aromatic rings. The fourth-order valence-corrected chi connectivity index (χ4v) is 2.97. The van der Waals surface area contributed by atoms with E-state index in [0.717, 1.165) is 13.2 Å². The van der Waals surface area contributed by atoms with Gasteiger partial charge < -0.3 is 9.47 Å². The third kappa shape index (κ3) is 28.7. The Kier molecular flexibility index (Phi) is 29.4. The van der Waals surface area contributed by atoms with Gasteiger partial charge in [-0.3, -0.25) is 0 Å². The maximum Gasteiger partial charge on any atom is 0.0547 e. The summed E-state index contributed by atoms with van der Waals surface area (Å²) < 4.78 is 10.00. The molecule has 1 atom stereocenters. The van der Waals surface area contributed by atoms with E-state index in [0.29, 0.717) is 6.10 Å². The second kappa shape index (κ2) is 27.1. The van der Waals surface area contributed by atoms with E-state index in [1.54, 1.807) is 7.11 Å². The summed E-state index contributed by atoms with van der Waals surface area (Å²) in [5.74, 6) is 0. The maximum absolute atomic E-state index is 5.15.